The van der Waals surface area contributed by atoms with Crippen LogP contribution >= 0.6 is 11.6 Å². The van der Waals surface area contributed by atoms with Gasteiger partial charge in [-0.25, -0.2) is 8.42 Å². The molecule has 0 atom stereocenters. The summed E-state index contributed by atoms with van der Waals surface area (Å²) in [4.78, 5) is 0.281. The van der Waals surface area contributed by atoms with E-state index in [-0.39, 0.29) is 4.90 Å². The summed E-state index contributed by atoms with van der Waals surface area (Å²) in [5.41, 5.74) is 2.77. The van der Waals surface area contributed by atoms with Crippen molar-refractivity contribution in [1.29, 1.82) is 0 Å². The average molecular weight is 324 g/mol. The largest absolute Gasteiger partial charge is 0.269 e. The minimum atomic E-state index is -3.54. The topological polar surface area (TPSA) is 37.4 Å². The lowest BCUT2D eigenvalue weighted by Crippen LogP contribution is -2.26. The lowest BCUT2D eigenvalue weighted by molar-refractivity contribution is 0.594. The highest BCUT2D eigenvalue weighted by molar-refractivity contribution is 7.92. The Morgan fingerprint density at radius 1 is 1.00 bits per heavy atom. The smallest absolute Gasteiger partial charge is 0.264 e. The van der Waals surface area contributed by atoms with E-state index in [1.165, 1.54) is 4.31 Å². The zero-order valence-corrected chi connectivity index (χ0v) is 13.7. The van der Waals surface area contributed by atoms with Crippen molar-refractivity contribution in [3.63, 3.8) is 0 Å². The van der Waals surface area contributed by atoms with E-state index in [0.717, 1.165) is 17.5 Å². The van der Waals surface area contributed by atoms with E-state index in [0.29, 0.717) is 11.6 Å². The van der Waals surface area contributed by atoms with Gasteiger partial charge in [-0.2, -0.15) is 0 Å². The Kier molecular flexibility index (Phi) is 4.91. The lowest BCUT2D eigenvalue weighted by Gasteiger charge is -2.19. The molecular weight excluding hydrogens is 306 g/mol. The monoisotopic (exact) mass is 323 g/mol. The first-order valence-corrected chi connectivity index (χ1v) is 8.63. The Bertz CT molecular complexity index is 694. The van der Waals surface area contributed by atoms with Crippen molar-refractivity contribution in [3.8, 4) is 0 Å². The number of anilines is 1. The van der Waals surface area contributed by atoms with Gasteiger partial charge in [0, 0.05) is 12.9 Å². The van der Waals surface area contributed by atoms with E-state index in [1.807, 2.05) is 19.1 Å². The molecule has 0 fully saturated rings. The number of halogens is 1. The Hall–Kier alpha value is -1.52. The molecule has 112 valence electrons. The summed E-state index contributed by atoms with van der Waals surface area (Å²) in [6.45, 7) is 1.97. The zero-order valence-electron chi connectivity index (χ0n) is 12.1. The van der Waals surface area contributed by atoms with Crippen LogP contribution in [-0.4, -0.2) is 21.3 Å². The number of aryl methyl sites for hydroxylation is 2. The SMILES string of the molecule is Cc1ccc(N(C)S(=O)(=O)c2ccc(CCCl)cc2)cc1. The predicted octanol–water partition coefficient (Wildman–Crippen LogP) is 3.60. The highest BCUT2D eigenvalue weighted by Crippen LogP contribution is 2.22. The molecule has 3 nitrogen and oxygen atoms in total. The van der Waals surface area contributed by atoms with Crippen molar-refractivity contribution in [3.05, 3.63) is 59.7 Å². The van der Waals surface area contributed by atoms with Crippen LogP contribution in [0.2, 0.25) is 0 Å². The molecule has 5 heteroatoms. The van der Waals surface area contributed by atoms with Gasteiger partial charge in [-0.1, -0.05) is 29.8 Å². The van der Waals surface area contributed by atoms with Crippen LogP contribution in [0.5, 0.6) is 0 Å². The summed E-state index contributed by atoms with van der Waals surface area (Å²) in [5.74, 6) is 0.523. The van der Waals surface area contributed by atoms with Crippen molar-refractivity contribution in [2.24, 2.45) is 0 Å². The predicted molar refractivity (Wildman–Crippen MR) is 87.6 cm³/mol. The number of rotatable bonds is 5. The molecular formula is C16H18ClNO2S. The van der Waals surface area contributed by atoms with Gasteiger partial charge in [0.05, 0.1) is 10.6 Å². The highest BCUT2D eigenvalue weighted by Gasteiger charge is 2.20. The fraction of sp³-hybridized carbons (Fsp3) is 0.250. The number of alkyl halides is 1. The first-order chi connectivity index (χ1) is 9.95. The summed E-state index contributed by atoms with van der Waals surface area (Å²) in [6, 6.07) is 14.2. The van der Waals surface area contributed by atoms with Gasteiger partial charge >= 0.3 is 0 Å². The molecule has 2 aromatic rings. The van der Waals surface area contributed by atoms with E-state index < -0.39 is 10.0 Å². The van der Waals surface area contributed by atoms with Crippen molar-refractivity contribution in [1.82, 2.24) is 0 Å². The Morgan fingerprint density at radius 3 is 2.10 bits per heavy atom. The second-order valence-corrected chi connectivity index (χ2v) is 7.24. The molecule has 0 saturated heterocycles. The second kappa shape index (κ2) is 6.50. The second-order valence-electron chi connectivity index (χ2n) is 4.89. The molecule has 2 aromatic carbocycles. The zero-order chi connectivity index (χ0) is 15.5. The van der Waals surface area contributed by atoms with Crippen LogP contribution in [-0.2, 0) is 16.4 Å². The van der Waals surface area contributed by atoms with Crippen LogP contribution in [0.3, 0.4) is 0 Å². The summed E-state index contributed by atoms with van der Waals surface area (Å²) >= 11 is 5.68. The molecule has 0 spiro atoms. The van der Waals surface area contributed by atoms with Crippen molar-refractivity contribution in [2.45, 2.75) is 18.2 Å². The Balaban J connectivity index is 2.30. The minimum Gasteiger partial charge on any atom is -0.269 e. The Labute approximate surface area is 131 Å². The van der Waals surface area contributed by atoms with E-state index in [1.54, 1.807) is 43.4 Å². The highest BCUT2D eigenvalue weighted by atomic mass is 35.5. The van der Waals surface area contributed by atoms with Crippen molar-refractivity contribution in [2.75, 3.05) is 17.2 Å². The standard InChI is InChI=1S/C16H18ClNO2S/c1-13-3-7-15(8-4-13)18(2)21(19,20)16-9-5-14(6-10-16)11-12-17/h3-10H,11-12H2,1-2H3. The van der Waals surface area contributed by atoms with Crippen molar-refractivity contribution < 1.29 is 8.42 Å². The van der Waals surface area contributed by atoms with E-state index in [4.69, 9.17) is 11.6 Å². The lowest BCUT2D eigenvalue weighted by atomic mass is 10.2. The molecule has 0 N–H and O–H groups in total. The molecule has 0 heterocycles. The molecule has 0 saturated carbocycles. The van der Waals surface area contributed by atoms with E-state index in [2.05, 4.69) is 0 Å². The summed E-state index contributed by atoms with van der Waals surface area (Å²) in [5, 5.41) is 0. The number of sulfonamides is 1. The minimum absolute atomic E-state index is 0.281. The molecule has 0 aliphatic carbocycles. The summed E-state index contributed by atoms with van der Waals surface area (Å²) in [7, 11) is -1.97. The Morgan fingerprint density at radius 2 is 1.57 bits per heavy atom. The molecule has 21 heavy (non-hydrogen) atoms. The van der Waals surface area contributed by atoms with Gasteiger partial charge in [0.15, 0.2) is 0 Å². The normalized spacial score (nSPS) is 11.4. The van der Waals surface area contributed by atoms with Gasteiger partial charge < -0.3 is 0 Å². The number of benzene rings is 2. The third-order valence-electron chi connectivity index (χ3n) is 3.36. The van der Waals surface area contributed by atoms with Gasteiger partial charge in [-0.3, -0.25) is 4.31 Å². The van der Waals surface area contributed by atoms with E-state index in [9.17, 15) is 8.42 Å². The number of hydrogen-bond donors (Lipinski definition) is 0. The molecule has 0 aromatic heterocycles. The molecule has 0 amide bonds. The quantitative estimate of drug-likeness (QED) is 0.788. The maximum Gasteiger partial charge on any atom is 0.264 e. The maximum absolute atomic E-state index is 12.6. The molecule has 0 aliphatic heterocycles. The average Bonchev–Trinajstić information content (AvgIpc) is 2.48. The van der Waals surface area contributed by atoms with Gasteiger partial charge in [-0.15, -0.1) is 11.6 Å². The van der Waals surface area contributed by atoms with Crippen LogP contribution in [0.15, 0.2) is 53.4 Å². The molecule has 0 bridgehead atoms. The molecule has 0 radical (unpaired) electrons. The first-order valence-electron chi connectivity index (χ1n) is 6.65. The van der Waals surface area contributed by atoms with Crippen LogP contribution in [0.25, 0.3) is 0 Å². The van der Waals surface area contributed by atoms with Crippen LogP contribution in [0.1, 0.15) is 11.1 Å². The number of hydrogen-bond acceptors (Lipinski definition) is 2. The molecule has 0 unspecified atom stereocenters. The molecule has 0 aliphatic rings. The first kappa shape index (κ1) is 15.9. The third kappa shape index (κ3) is 3.57. The van der Waals surface area contributed by atoms with Gasteiger partial charge in [-0.05, 0) is 43.2 Å². The van der Waals surface area contributed by atoms with Gasteiger partial charge in [0.2, 0.25) is 0 Å². The van der Waals surface area contributed by atoms with Crippen molar-refractivity contribution >= 4 is 27.3 Å². The summed E-state index contributed by atoms with van der Waals surface area (Å²) < 4.78 is 26.5. The number of nitrogens with zero attached hydrogens (tertiary/aromatic N) is 1. The van der Waals surface area contributed by atoms with E-state index >= 15 is 0 Å². The summed E-state index contributed by atoms with van der Waals surface area (Å²) in [6.07, 6.45) is 0.732. The van der Waals surface area contributed by atoms with Gasteiger partial charge in [0.25, 0.3) is 10.0 Å². The molecule has 2 rings (SSSR count). The van der Waals surface area contributed by atoms with Gasteiger partial charge in [0.1, 0.15) is 0 Å². The fourth-order valence-electron chi connectivity index (χ4n) is 1.99. The maximum atomic E-state index is 12.6. The van der Waals surface area contributed by atoms with Crippen LogP contribution in [0.4, 0.5) is 5.69 Å². The van der Waals surface area contributed by atoms with Crippen LogP contribution in [0, 0.1) is 6.92 Å². The fourth-order valence-corrected chi connectivity index (χ4v) is 3.40. The third-order valence-corrected chi connectivity index (χ3v) is 5.35. The van der Waals surface area contributed by atoms with Crippen LogP contribution < -0.4 is 4.31 Å².